The van der Waals surface area contributed by atoms with Gasteiger partial charge in [0.1, 0.15) is 5.60 Å². The van der Waals surface area contributed by atoms with Gasteiger partial charge in [0.05, 0.1) is 0 Å². The second-order valence-corrected chi connectivity index (χ2v) is 5.30. The van der Waals surface area contributed by atoms with Crippen LogP contribution < -0.4 is 0 Å². The fourth-order valence-electron chi connectivity index (χ4n) is 1.30. The van der Waals surface area contributed by atoms with E-state index in [0.29, 0.717) is 11.8 Å². The van der Waals surface area contributed by atoms with Gasteiger partial charge in [-0.05, 0) is 39.3 Å². The fourth-order valence-corrected chi connectivity index (χ4v) is 1.91. The van der Waals surface area contributed by atoms with E-state index in [1.807, 2.05) is 20.8 Å². The molecule has 0 aromatic carbocycles. The lowest BCUT2D eigenvalue weighted by Crippen LogP contribution is -2.40. The summed E-state index contributed by atoms with van der Waals surface area (Å²) in [6.07, 6.45) is 5.84. The molecule has 0 spiro atoms. The smallest absolute Gasteiger partial charge is 0.338 e. The van der Waals surface area contributed by atoms with Crippen molar-refractivity contribution in [3.8, 4) is 0 Å². The van der Waals surface area contributed by atoms with Crippen molar-refractivity contribution in [2.24, 2.45) is 4.99 Å². The Bertz CT molecular complexity index is 290. The van der Waals surface area contributed by atoms with E-state index in [1.165, 1.54) is 0 Å². The highest BCUT2D eigenvalue weighted by Crippen LogP contribution is 2.26. The molecular weight excluding hydrogens is 258 g/mol. The van der Waals surface area contributed by atoms with Crippen LogP contribution in [0, 0.1) is 0 Å². The Morgan fingerprint density at radius 3 is 2.60 bits per heavy atom. The van der Waals surface area contributed by atoms with E-state index in [-0.39, 0.29) is 5.97 Å². The van der Waals surface area contributed by atoms with Crippen molar-refractivity contribution in [2.45, 2.75) is 38.3 Å². The zero-order chi connectivity index (χ0) is 11.5. The number of hydrogen-bond acceptors (Lipinski definition) is 3. The maximum atomic E-state index is 12.0. The van der Waals surface area contributed by atoms with Crippen molar-refractivity contribution >= 4 is 28.1 Å². The summed E-state index contributed by atoms with van der Waals surface area (Å²) in [5, 5.41) is 0.716. The Kier molecular flexibility index (Phi) is 3.71. The molecule has 0 saturated carbocycles. The molecule has 84 valence electrons. The van der Waals surface area contributed by atoms with Crippen molar-refractivity contribution in [2.75, 3.05) is 5.33 Å². The van der Waals surface area contributed by atoms with Crippen molar-refractivity contribution < 1.29 is 9.53 Å². The van der Waals surface area contributed by atoms with Crippen LogP contribution in [0.15, 0.2) is 17.1 Å². The van der Waals surface area contributed by atoms with Crippen LogP contribution in [0.5, 0.6) is 0 Å². The number of carbonyl (C=O) groups is 1. The Morgan fingerprint density at radius 1 is 1.53 bits per heavy atom. The lowest BCUT2D eigenvalue weighted by molar-refractivity contribution is -0.159. The average molecular weight is 274 g/mol. The van der Waals surface area contributed by atoms with Crippen LogP contribution in [0.25, 0.3) is 0 Å². The molecule has 0 fully saturated rings. The second-order valence-electron chi connectivity index (χ2n) is 4.50. The third-order valence-corrected chi connectivity index (χ3v) is 2.39. The van der Waals surface area contributed by atoms with Gasteiger partial charge in [0.15, 0.2) is 5.54 Å². The molecule has 0 amide bonds. The van der Waals surface area contributed by atoms with Crippen LogP contribution in [-0.2, 0) is 9.53 Å². The van der Waals surface area contributed by atoms with E-state index in [0.717, 1.165) is 0 Å². The number of aliphatic imine (C=N–C) groups is 1. The van der Waals surface area contributed by atoms with Gasteiger partial charge in [-0.2, -0.15) is 0 Å². The first-order valence-corrected chi connectivity index (χ1v) is 6.04. The van der Waals surface area contributed by atoms with Gasteiger partial charge in [-0.25, -0.2) is 4.79 Å². The first-order valence-electron chi connectivity index (χ1n) is 4.92. The minimum Gasteiger partial charge on any atom is -0.458 e. The number of allylic oxidation sites excluding steroid dienone is 1. The van der Waals surface area contributed by atoms with Crippen LogP contribution in [0.3, 0.4) is 0 Å². The molecule has 3 nitrogen and oxygen atoms in total. The van der Waals surface area contributed by atoms with Crippen molar-refractivity contribution in [1.29, 1.82) is 0 Å². The summed E-state index contributed by atoms with van der Waals surface area (Å²) in [7, 11) is 0. The SMILES string of the molecule is CC(C)(C)OC(=O)C1(CCBr)C=CC=N1. The van der Waals surface area contributed by atoms with Crippen LogP contribution in [0.1, 0.15) is 27.2 Å². The van der Waals surface area contributed by atoms with Gasteiger partial charge in [-0.3, -0.25) is 4.99 Å². The number of nitrogens with zero attached hydrogens (tertiary/aromatic N) is 1. The molecule has 0 radical (unpaired) electrons. The van der Waals surface area contributed by atoms with Crippen molar-refractivity contribution in [1.82, 2.24) is 0 Å². The van der Waals surface area contributed by atoms with E-state index >= 15 is 0 Å². The first-order chi connectivity index (χ1) is 6.90. The van der Waals surface area contributed by atoms with E-state index in [2.05, 4.69) is 20.9 Å². The predicted molar refractivity (Wildman–Crippen MR) is 64.6 cm³/mol. The van der Waals surface area contributed by atoms with Gasteiger partial charge in [0.25, 0.3) is 0 Å². The Labute approximate surface area is 98.7 Å². The largest absolute Gasteiger partial charge is 0.458 e. The van der Waals surface area contributed by atoms with E-state index in [1.54, 1.807) is 18.4 Å². The number of ether oxygens (including phenoxy) is 1. The Balaban J connectivity index is 2.78. The van der Waals surface area contributed by atoms with Gasteiger partial charge in [0, 0.05) is 11.5 Å². The highest BCUT2D eigenvalue weighted by Gasteiger charge is 2.39. The molecule has 1 heterocycles. The van der Waals surface area contributed by atoms with Gasteiger partial charge >= 0.3 is 5.97 Å². The standard InChI is InChI=1S/C11H16BrNO2/c1-10(2,3)15-9(14)11(6-7-12)5-4-8-13-11/h4-5,8H,6-7H2,1-3H3. The third-order valence-electron chi connectivity index (χ3n) is 1.99. The fraction of sp³-hybridized carbons (Fsp3) is 0.636. The van der Waals surface area contributed by atoms with E-state index in [9.17, 15) is 4.79 Å². The zero-order valence-corrected chi connectivity index (χ0v) is 10.9. The van der Waals surface area contributed by atoms with Crippen LogP contribution in [0.4, 0.5) is 0 Å². The molecule has 15 heavy (non-hydrogen) atoms. The average Bonchev–Trinajstić information content (AvgIpc) is 2.51. The number of halogens is 1. The van der Waals surface area contributed by atoms with Gasteiger partial charge < -0.3 is 4.74 Å². The molecule has 1 aliphatic heterocycles. The maximum Gasteiger partial charge on any atom is 0.338 e. The number of hydrogen-bond donors (Lipinski definition) is 0. The summed E-state index contributed by atoms with van der Waals surface area (Å²) in [5.74, 6) is -0.278. The molecule has 1 rings (SSSR count). The molecule has 0 saturated heterocycles. The first kappa shape index (κ1) is 12.4. The van der Waals surface area contributed by atoms with E-state index in [4.69, 9.17) is 4.74 Å². The highest BCUT2D eigenvalue weighted by atomic mass is 79.9. The molecule has 0 aromatic rings. The van der Waals surface area contributed by atoms with E-state index < -0.39 is 11.1 Å². The van der Waals surface area contributed by atoms with Crippen LogP contribution in [0.2, 0.25) is 0 Å². The van der Waals surface area contributed by atoms with Crippen LogP contribution in [-0.4, -0.2) is 28.7 Å². The summed E-state index contributed by atoms with van der Waals surface area (Å²) >= 11 is 3.33. The number of rotatable bonds is 3. The quantitative estimate of drug-likeness (QED) is 0.586. The van der Waals surface area contributed by atoms with Gasteiger partial charge in [0.2, 0.25) is 0 Å². The van der Waals surface area contributed by atoms with Gasteiger partial charge in [-0.15, -0.1) is 0 Å². The maximum absolute atomic E-state index is 12.0. The summed E-state index contributed by atoms with van der Waals surface area (Å²) in [4.78, 5) is 16.2. The molecule has 1 aliphatic rings. The molecule has 0 N–H and O–H groups in total. The molecule has 4 heteroatoms. The lowest BCUT2D eigenvalue weighted by atomic mass is 9.98. The summed E-state index contributed by atoms with van der Waals surface area (Å²) in [5.41, 5.74) is -1.28. The highest BCUT2D eigenvalue weighted by molar-refractivity contribution is 9.09. The normalized spacial score (nSPS) is 24.5. The minimum atomic E-state index is -0.809. The Morgan fingerprint density at radius 2 is 2.20 bits per heavy atom. The number of alkyl halides is 1. The molecule has 0 bridgehead atoms. The lowest BCUT2D eigenvalue weighted by Gasteiger charge is -2.27. The topological polar surface area (TPSA) is 38.7 Å². The molecule has 1 atom stereocenters. The summed E-state index contributed by atoms with van der Waals surface area (Å²) in [6, 6.07) is 0. The minimum absolute atomic E-state index is 0.278. The summed E-state index contributed by atoms with van der Waals surface area (Å²) < 4.78 is 5.35. The molecular formula is C11H16BrNO2. The Hall–Kier alpha value is -0.640. The monoisotopic (exact) mass is 273 g/mol. The molecule has 0 aromatic heterocycles. The number of esters is 1. The number of carbonyl (C=O) groups excluding carboxylic acids is 1. The van der Waals surface area contributed by atoms with Gasteiger partial charge in [-0.1, -0.05) is 15.9 Å². The second kappa shape index (κ2) is 4.47. The summed E-state index contributed by atoms with van der Waals surface area (Å²) in [6.45, 7) is 5.57. The zero-order valence-electron chi connectivity index (χ0n) is 9.29. The van der Waals surface area contributed by atoms with Crippen molar-refractivity contribution in [3.63, 3.8) is 0 Å². The third kappa shape index (κ3) is 3.16. The molecule has 1 unspecified atom stereocenters. The van der Waals surface area contributed by atoms with Crippen LogP contribution >= 0.6 is 15.9 Å². The predicted octanol–water partition coefficient (Wildman–Crippen LogP) is 2.49. The van der Waals surface area contributed by atoms with Crippen molar-refractivity contribution in [3.05, 3.63) is 12.2 Å². The molecule has 0 aliphatic carbocycles.